The number of rotatable bonds is 9. The van der Waals surface area contributed by atoms with Crippen LogP contribution in [0.2, 0.25) is 10.0 Å². The predicted molar refractivity (Wildman–Crippen MR) is 108 cm³/mol. The summed E-state index contributed by atoms with van der Waals surface area (Å²) in [6.07, 6.45) is 1.63. The van der Waals surface area contributed by atoms with E-state index < -0.39 is 5.82 Å². The number of halogens is 3. The smallest absolute Gasteiger partial charge is 0.180 e. The van der Waals surface area contributed by atoms with E-state index in [0.717, 1.165) is 11.3 Å². The molecule has 0 aliphatic carbocycles. The van der Waals surface area contributed by atoms with Gasteiger partial charge in [-0.3, -0.25) is 0 Å². The van der Waals surface area contributed by atoms with Gasteiger partial charge in [0.15, 0.2) is 11.5 Å². The van der Waals surface area contributed by atoms with E-state index in [-0.39, 0.29) is 12.2 Å². The van der Waals surface area contributed by atoms with E-state index in [9.17, 15) is 4.39 Å². The molecule has 148 valence electrons. The van der Waals surface area contributed by atoms with Crippen LogP contribution in [-0.2, 0) is 19.7 Å². The van der Waals surface area contributed by atoms with Crippen molar-refractivity contribution in [1.29, 1.82) is 0 Å². The molecule has 28 heavy (non-hydrogen) atoms. The van der Waals surface area contributed by atoms with E-state index in [4.69, 9.17) is 37.1 Å². The molecule has 3 aromatic rings. The summed E-state index contributed by atoms with van der Waals surface area (Å²) < 4.78 is 30.7. The van der Waals surface area contributed by atoms with Crippen molar-refractivity contribution >= 4 is 23.2 Å². The molecule has 0 fully saturated rings. The third kappa shape index (κ3) is 5.19. The van der Waals surface area contributed by atoms with Gasteiger partial charge in [0.1, 0.15) is 18.2 Å². The van der Waals surface area contributed by atoms with Gasteiger partial charge in [0, 0.05) is 12.1 Å². The first-order valence-corrected chi connectivity index (χ1v) is 9.58. The van der Waals surface area contributed by atoms with E-state index in [1.165, 1.54) is 6.07 Å². The number of benzene rings is 2. The summed E-state index contributed by atoms with van der Waals surface area (Å²) in [7, 11) is 0. The third-order valence-electron chi connectivity index (χ3n) is 4.00. The van der Waals surface area contributed by atoms with Gasteiger partial charge in [0.05, 0.1) is 29.5 Å². The standard InChI is InChI=1S/C21H20Cl2FNO3/c1-2-26-20-10-14(11-25-12-15-5-4-8-27-15)9-18(23)21(20)28-13-16-17(22)6-3-7-19(16)24/h3-10,25H,2,11-13H2,1H3. The topological polar surface area (TPSA) is 43.6 Å². The molecule has 1 aromatic heterocycles. The normalized spacial score (nSPS) is 10.9. The highest BCUT2D eigenvalue weighted by molar-refractivity contribution is 6.32. The van der Waals surface area contributed by atoms with Gasteiger partial charge >= 0.3 is 0 Å². The minimum atomic E-state index is -0.430. The Hall–Kier alpha value is -2.21. The number of hydrogen-bond donors (Lipinski definition) is 1. The van der Waals surface area contributed by atoms with Gasteiger partial charge in [0.2, 0.25) is 0 Å². The lowest BCUT2D eigenvalue weighted by Crippen LogP contribution is -2.12. The highest BCUT2D eigenvalue weighted by Gasteiger charge is 2.15. The summed E-state index contributed by atoms with van der Waals surface area (Å²) in [5.74, 6) is 1.27. The molecule has 0 amide bonds. The first-order valence-electron chi connectivity index (χ1n) is 8.82. The highest BCUT2D eigenvalue weighted by Crippen LogP contribution is 2.37. The van der Waals surface area contributed by atoms with Crippen LogP contribution in [0.25, 0.3) is 0 Å². The fourth-order valence-electron chi connectivity index (χ4n) is 2.68. The molecule has 3 rings (SSSR count). The predicted octanol–water partition coefficient (Wildman–Crippen LogP) is 5.99. The lowest BCUT2D eigenvalue weighted by molar-refractivity contribution is 0.266. The summed E-state index contributed by atoms with van der Waals surface area (Å²) >= 11 is 12.5. The Balaban J connectivity index is 1.73. The molecule has 0 bridgehead atoms. The average Bonchev–Trinajstić information content (AvgIpc) is 3.17. The van der Waals surface area contributed by atoms with E-state index in [1.807, 2.05) is 25.1 Å². The maximum absolute atomic E-state index is 14.0. The Morgan fingerprint density at radius 3 is 2.61 bits per heavy atom. The molecule has 0 spiro atoms. The van der Waals surface area contributed by atoms with Crippen LogP contribution >= 0.6 is 23.2 Å². The van der Waals surface area contributed by atoms with Gasteiger partial charge in [-0.1, -0.05) is 29.3 Å². The SMILES string of the molecule is CCOc1cc(CNCc2ccco2)cc(Cl)c1OCc1c(F)cccc1Cl. The lowest BCUT2D eigenvalue weighted by atomic mass is 10.2. The number of ether oxygens (including phenoxy) is 2. The van der Waals surface area contributed by atoms with Gasteiger partial charge in [-0.25, -0.2) is 4.39 Å². The molecule has 0 aliphatic heterocycles. The third-order valence-corrected chi connectivity index (χ3v) is 4.64. The van der Waals surface area contributed by atoms with Crippen LogP contribution in [0.1, 0.15) is 23.8 Å². The Labute approximate surface area is 173 Å². The minimum Gasteiger partial charge on any atom is -0.490 e. The maximum Gasteiger partial charge on any atom is 0.180 e. The summed E-state index contributed by atoms with van der Waals surface area (Å²) in [6, 6.07) is 11.9. The number of nitrogens with one attached hydrogen (secondary N) is 1. The molecule has 1 N–H and O–H groups in total. The first kappa shape index (κ1) is 20.5. The van der Waals surface area contributed by atoms with E-state index >= 15 is 0 Å². The fourth-order valence-corrected chi connectivity index (χ4v) is 3.19. The molecule has 0 atom stereocenters. The van der Waals surface area contributed by atoms with Crippen LogP contribution < -0.4 is 14.8 Å². The summed E-state index contributed by atoms with van der Waals surface area (Å²) in [5.41, 5.74) is 1.20. The van der Waals surface area contributed by atoms with Crippen molar-refractivity contribution in [3.05, 3.63) is 81.5 Å². The zero-order valence-electron chi connectivity index (χ0n) is 15.3. The molecule has 0 unspecified atom stereocenters. The monoisotopic (exact) mass is 423 g/mol. The van der Waals surface area contributed by atoms with Crippen LogP contribution in [0.5, 0.6) is 11.5 Å². The minimum absolute atomic E-state index is 0.0542. The van der Waals surface area contributed by atoms with Gasteiger partial charge in [-0.05, 0) is 48.9 Å². The molecule has 0 saturated heterocycles. The van der Waals surface area contributed by atoms with Crippen LogP contribution in [0.15, 0.2) is 53.1 Å². The zero-order valence-corrected chi connectivity index (χ0v) is 16.8. The largest absolute Gasteiger partial charge is 0.490 e. The summed E-state index contributed by atoms with van der Waals surface area (Å²) in [4.78, 5) is 0. The fraction of sp³-hybridized carbons (Fsp3) is 0.238. The first-order chi connectivity index (χ1) is 13.6. The van der Waals surface area contributed by atoms with Crippen molar-refractivity contribution in [2.45, 2.75) is 26.6 Å². The molecular formula is C21H20Cl2FNO3. The Bertz CT molecular complexity index is 896. The average molecular weight is 424 g/mol. The van der Waals surface area contributed by atoms with Crippen LogP contribution in [0.4, 0.5) is 4.39 Å². The molecular weight excluding hydrogens is 404 g/mol. The van der Waals surface area contributed by atoms with Crippen molar-refractivity contribution in [3.63, 3.8) is 0 Å². The maximum atomic E-state index is 14.0. The second-order valence-corrected chi connectivity index (χ2v) is 6.82. The molecule has 1 heterocycles. The Morgan fingerprint density at radius 2 is 1.89 bits per heavy atom. The van der Waals surface area contributed by atoms with Crippen LogP contribution in [-0.4, -0.2) is 6.61 Å². The van der Waals surface area contributed by atoms with Crippen molar-refractivity contribution in [2.75, 3.05) is 6.61 Å². The van der Waals surface area contributed by atoms with Crippen molar-refractivity contribution in [3.8, 4) is 11.5 Å². The van der Waals surface area contributed by atoms with Gasteiger partial charge in [-0.2, -0.15) is 0 Å². The number of hydrogen-bond acceptors (Lipinski definition) is 4. The second-order valence-electron chi connectivity index (χ2n) is 6.01. The number of furan rings is 1. The second kappa shape index (κ2) is 9.82. The quantitative estimate of drug-likeness (QED) is 0.458. The molecule has 2 aromatic carbocycles. The summed E-state index contributed by atoms with van der Waals surface area (Å²) in [6.45, 7) is 3.42. The van der Waals surface area contributed by atoms with Crippen LogP contribution in [0.3, 0.4) is 0 Å². The van der Waals surface area contributed by atoms with E-state index in [2.05, 4.69) is 5.32 Å². The lowest BCUT2D eigenvalue weighted by Gasteiger charge is -2.16. The molecule has 0 saturated carbocycles. The van der Waals surface area contributed by atoms with Gasteiger partial charge in [-0.15, -0.1) is 0 Å². The van der Waals surface area contributed by atoms with E-state index in [1.54, 1.807) is 24.5 Å². The van der Waals surface area contributed by atoms with Gasteiger partial charge < -0.3 is 19.2 Å². The molecule has 0 aliphatic rings. The van der Waals surface area contributed by atoms with Gasteiger partial charge in [0.25, 0.3) is 0 Å². The highest BCUT2D eigenvalue weighted by atomic mass is 35.5. The summed E-state index contributed by atoms with van der Waals surface area (Å²) in [5, 5.41) is 3.96. The van der Waals surface area contributed by atoms with Crippen molar-refractivity contribution in [2.24, 2.45) is 0 Å². The Morgan fingerprint density at radius 1 is 1.04 bits per heavy atom. The van der Waals surface area contributed by atoms with Crippen molar-refractivity contribution in [1.82, 2.24) is 5.32 Å². The Kier molecular flexibility index (Phi) is 7.20. The van der Waals surface area contributed by atoms with Crippen LogP contribution in [0, 0.1) is 5.82 Å². The zero-order chi connectivity index (χ0) is 19.9. The van der Waals surface area contributed by atoms with E-state index in [0.29, 0.717) is 41.2 Å². The molecule has 0 radical (unpaired) electrons. The molecule has 4 nitrogen and oxygen atoms in total. The van der Waals surface area contributed by atoms with Crippen molar-refractivity contribution < 1.29 is 18.3 Å². The molecule has 7 heteroatoms.